The second-order valence-corrected chi connectivity index (χ2v) is 10.5. The van der Waals surface area contributed by atoms with Gasteiger partial charge in [0.05, 0.1) is 22.0 Å². The summed E-state index contributed by atoms with van der Waals surface area (Å²) < 4.78 is 18.2. The number of hydrogen-bond acceptors (Lipinski definition) is 5. The molecule has 1 aromatic carbocycles. The van der Waals surface area contributed by atoms with Crippen LogP contribution in [0.25, 0.3) is 11.5 Å². The van der Waals surface area contributed by atoms with Crippen molar-refractivity contribution in [1.29, 1.82) is 0 Å². The molecule has 6 nitrogen and oxygen atoms in total. The summed E-state index contributed by atoms with van der Waals surface area (Å²) in [7, 11) is -1.36. The van der Waals surface area contributed by atoms with Crippen LogP contribution in [0.4, 0.5) is 0 Å². The topological polar surface area (TPSA) is 75.4 Å². The van der Waals surface area contributed by atoms with Gasteiger partial charge in [0.1, 0.15) is 11.5 Å². The molecular weight excluding hydrogens is 434 g/mol. The van der Waals surface area contributed by atoms with E-state index in [1.54, 1.807) is 13.0 Å². The van der Waals surface area contributed by atoms with Gasteiger partial charge in [-0.2, -0.15) is 0 Å². The number of aromatic nitrogens is 1. The lowest BCUT2D eigenvalue weighted by atomic mass is 9.92. The van der Waals surface area contributed by atoms with Gasteiger partial charge in [-0.15, -0.1) is 0 Å². The number of oxazole rings is 1. The number of nitrogens with one attached hydrogen (secondary N) is 1. The molecule has 31 heavy (non-hydrogen) atoms. The molecule has 0 aliphatic carbocycles. The summed E-state index contributed by atoms with van der Waals surface area (Å²) in [4.78, 5) is 19.1. The Kier molecular flexibility index (Phi) is 8.69. The Labute approximate surface area is 192 Å². The zero-order valence-corrected chi connectivity index (χ0v) is 20.1. The maximum Gasteiger partial charge on any atom is 0.232 e. The average Bonchev–Trinajstić information content (AvgIpc) is 3.05. The van der Waals surface area contributed by atoms with E-state index < -0.39 is 10.8 Å². The molecule has 0 saturated carbocycles. The number of carbonyl (C=O) groups is 1. The summed E-state index contributed by atoms with van der Waals surface area (Å²) in [5.41, 5.74) is 1.29. The number of hydrogen-bond donors (Lipinski definition) is 1. The minimum absolute atomic E-state index is 0.0362. The molecule has 1 aliphatic rings. The second-order valence-electron chi connectivity index (χ2n) is 8.64. The first-order valence-electron chi connectivity index (χ1n) is 10.9. The summed E-state index contributed by atoms with van der Waals surface area (Å²) >= 11 is 6.20. The predicted molar refractivity (Wildman–Crippen MR) is 125 cm³/mol. The van der Waals surface area contributed by atoms with E-state index in [2.05, 4.69) is 29.0 Å². The highest BCUT2D eigenvalue weighted by Gasteiger charge is 2.21. The van der Waals surface area contributed by atoms with E-state index in [9.17, 15) is 9.00 Å². The highest BCUT2D eigenvalue weighted by molar-refractivity contribution is 7.84. The highest BCUT2D eigenvalue weighted by Crippen LogP contribution is 2.28. The van der Waals surface area contributed by atoms with Gasteiger partial charge in [0.15, 0.2) is 0 Å². The van der Waals surface area contributed by atoms with E-state index in [-0.39, 0.29) is 17.4 Å². The smallest absolute Gasteiger partial charge is 0.232 e. The monoisotopic (exact) mass is 465 g/mol. The first-order valence-corrected chi connectivity index (χ1v) is 12.7. The van der Waals surface area contributed by atoms with Crippen molar-refractivity contribution in [2.24, 2.45) is 11.8 Å². The fourth-order valence-electron chi connectivity index (χ4n) is 4.22. The van der Waals surface area contributed by atoms with Gasteiger partial charge >= 0.3 is 0 Å². The molecule has 1 amide bonds. The van der Waals surface area contributed by atoms with Crippen LogP contribution in [-0.4, -0.2) is 51.9 Å². The Morgan fingerprint density at radius 3 is 2.71 bits per heavy atom. The maximum atomic E-state index is 12.5. The largest absolute Gasteiger partial charge is 0.441 e. The molecular formula is C23H32ClN3O3S. The highest BCUT2D eigenvalue weighted by atomic mass is 35.5. The van der Waals surface area contributed by atoms with Crippen molar-refractivity contribution in [3.05, 3.63) is 40.7 Å². The van der Waals surface area contributed by atoms with Crippen LogP contribution in [0, 0.1) is 18.8 Å². The van der Waals surface area contributed by atoms with Gasteiger partial charge in [-0.3, -0.25) is 9.00 Å². The Bertz CT molecular complexity index is 907. The molecule has 1 fully saturated rings. The molecule has 0 bridgehead atoms. The van der Waals surface area contributed by atoms with Gasteiger partial charge in [-0.05, 0) is 50.3 Å². The SMILES string of the molecule is Cc1oc(-c2ccccc2Cl)nc1C[S@](=O)CC(=O)NCCCN1C[C@H](C)C[C@H](C)C1. The Morgan fingerprint density at radius 1 is 1.29 bits per heavy atom. The first-order chi connectivity index (χ1) is 14.8. The third kappa shape index (κ3) is 7.16. The van der Waals surface area contributed by atoms with Crippen molar-refractivity contribution in [3.63, 3.8) is 0 Å². The van der Waals surface area contributed by atoms with Gasteiger partial charge in [0.25, 0.3) is 0 Å². The number of carbonyl (C=O) groups excluding carboxylic acids is 1. The van der Waals surface area contributed by atoms with E-state index in [0.29, 0.717) is 34.5 Å². The summed E-state index contributed by atoms with van der Waals surface area (Å²) in [6.45, 7) is 10.2. The lowest BCUT2D eigenvalue weighted by Gasteiger charge is -2.34. The second kappa shape index (κ2) is 11.2. The van der Waals surface area contributed by atoms with Crippen molar-refractivity contribution in [2.75, 3.05) is 31.9 Å². The van der Waals surface area contributed by atoms with Gasteiger partial charge in [-0.1, -0.05) is 37.6 Å². The van der Waals surface area contributed by atoms with Gasteiger partial charge in [0, 0.05) is 30.4 Å². The Balaban J connectivity index is 1.41. The van der Waals surface area contributed by atoms with Crippen LogP contribution in [-0.2, 0) is 21.3 Å². The predicted octanol–water partition coefficient (Wildman–Crippen LogP) is 4.04. The lowest BCUT2D eigenvalue weighted by Crippen LogP contribution is -2.40. The van der Waals surface area contributed by atoms with Crippen molar-refractivity contribution in [1.82, 2.24) is 15.2 Å². The zero-order chi connectivity index (χ0) is 22.4. The third-order valence-corrected chi connectivity index (χ3v) is 7.01. The van der Waals surface area contributed by atoms with Crippen LogP contribution in [0.5, 0.6) is 0 Å². The maximum absolute atomic E-state index is 12.5. The number of piperidine rings is 1. The number of benzene rings is 1. The quantitative estimate of drug-likeness (QED) is 0.565. The third-order valence-electron chi connectivity index (χ3n) is 5.50. The lowest BCUT2D eigenvalue weighted by molar-refractivity contribution is -0.118. The molecule has 1 aliphatic heterocycles. The molecule has 8 heteroatoms. The number of amides is 1. The molecule has 0 unspecified atom stereocenters. The van der Waals surface area contributed by atoms with E-state index in [1.165, 1.54) is 6.42 Å². The fraction of sp³-hybridized carbons (Fsp3) is 0.565. The van der Waals surface area contributed by atoms with Crippen LogP contribution in [0.15, 0.2) is 28.7 Å². The molecule has 2 aromatic rings. The number of nitrogens with zero attached hydrogens (tertiary/aromatic N) is 2. The van der Waals surface area contributed by atoms with E-state index in [0.717, 1.165) is 37.9 Å². The Hall–Kier alpha value is -1.70. The first kappa shape index (κ1) is 24.0. The molecule has 170 valence electrons. The number of halogens is 1. The van der Waals surface area contributed by atoms with Gasteiger partial charge in [0.2, 0.25) is 11.8 Å². The molecule has 2 heterocycles. The van der Waals surface area contributed by atoms with Crippen LogP contribution in [0.3, 0.4) is 0 Å². The van der Waals surface area contributed by atoms with Gasteiger partial charge in [-0.25, -0.2) is 4.98 Å². The summed E-state index contributed by atoms with van der Waals surface area (Å²) in [5.74, 6) is 2.42. The molecule has 3 atom stereocenters. The van der Waals surface area contributed by atoms with Crippen molar-refractivity contribution in [2.45, 2.75) is 39.4 Å². The van der Waals surface area contributed by atoms with Crippen molar-refractivity contribution < 1.29 is 13.4 Å². The average molecular weight is 466 g/mol. The fourth-order valence-corrected chi connectivity index (χ4v) is 5.50. The molecule has 1 aromatic heterocycles. The van der Waals surface area contributed by atoms with E-state index in [4.69, 9.17) is 16.0 Å². The van der Waals surface area contributed by atoms with Crippen LogP contribution in [0.1, 0.15) is 38.1 Å². The van der Waals surface area contributed by atoms with E-state index >= 15 is 0 Å². The van der Waals surface area contributed by atoms with Crippen LogP contribution >= 0.6 is 11.6 Å². The summed E-state index contributed by atoms with van der Waals surface area (Å²) in [6, 6.07) is 7.29. The minimum atomic E-state index is -1.36. The van der Waals surface area contributed by atoms with Crippen LogP contribution in [0.2, 0.25) is 5.02 Å². The summed E-state index contributed by atoms with van der Waals surface area (Å²) in [5, 5.41) is 3.44. The normalized spacial score (nSPS) is 20.5. The summed E-state index contributed by atoms with van der Waals surface area (Å²) in [6.07, 6.45) is 2.20. The molecule has 1 saturated heterocycles. The number of rotatable bonds is 9. The molecule has 3 rings (SSSR count). The molecule has 0 radical (unpaired) electrons. The minimum Gasteiger partial charge on any atom is -0.441 e. The van der Waals surface area contributed by atoms with E-state index in [1.807, 2.05) is 18.2 Å². The van der Waals surface area contributed by atoms with Gasteiger partial charge < -0.3 is 14.6 Å². The Morgan fingerprint density at radius 2 is 2.00 bits per heavy atom. The number of aryl methyl sites for hydroxylation is 1. The van der Waals surface area contributed by atoms with Crippen LogP contribution < -0.4 is 5.32 Å². The standard InChI is InChI=1S/C23H32ClN3O3S/c1-16-11-17(2)13-27(12-16)10-6-9-25-22(28)15-31(29)14-21-18(3)30-23(26-21)19-7-4-5-8-20(19)24/h4-5,7-8,16-17H,6,9-15H2,1-3H3,(H,25,28)/t16-,17+,31-/m0/s1. The molecule has 0 spiro atoms. The van der Waals surface area contributed by atoms with Crippen molar-refractivity contribution in [3.8, 4) is 11.5 Å². The zero-order valence-electron chi connectivity index (χ0n) is 18.5. The van der Waals surface area contributed by atoms with Crippen molar-refractivity contribution >= 4 is 28.3 Å². The number of likely N-dealkylation sites (tertiary alicyclic amines) is 1. The molecule has 1 N–H and O–H groups in total.